The van der Waals surface area contributed by atoms with Crippen molar-refractivity contribution >= 4 is 54.9 Å². The largest absolute Gasteiger partial charge is 0.295 e. The van der Waals surface area contributed by atoms with Crippen molar-refractivity contribution in [2.24, 2.45) is 5.10 Å². The fourth-order valence-electron chi connectivity index (χ4n) is 2.19. The fraction of sp³-hybridized carbons (Fsp3) is 0.267. The average molecular weight is 461 g/mol. The first-order valence-corrected chi connectivity index (χ1v) is 10.7. The summed E-state index contributed by atoms with van der Waals surface area (Å²) in [5.74, 6) is 0. The molecule has 1 N–H and O–H groups in total. The molecule has 140 valence electrons. The van der Waals surface area contributed by atoms with Crippen molar-refractivity contribution in [1.82, 2.24) is 4.31 Å². The fourth-order valence-corrected chi connectivity index (χ4v) is 4.97. The maximum absolute atomic E-state index is 12.5. The lowest BCUT2D eigenvalue weighted by Gasteiger charge is -2.18. The van der Waals surface area contributed by atoms with Gasteiger partial charge in [0, 0.05) is 33.9 Å². The van der Waals surface area contributed by atoms with Gasteiger partial charge in [0.15, 0.2) is 0 Å². The lowest BCUT2D eigenvalue weighted by Crippen LogP contribution is -2.30. The van der Waals surface area contributed by atoms with Crippen LogP contribution in [0, 0.1) is 10.1 Å². The number of nitro benzene ring substituents is 1. The van der Waals surface area contributed by atoms with Gasteiger partial charge < -0.3 is 0 Å². The van der Waals surface area contributed by atoms with Gasteiger partial charge in [0.1, 0.15) is 5.69 Å². The Hall–Kier alpha value is -1.82. The second-order valence-electron chi connectivity index (χ2n) is 5.06. The van der Waals surface area contributed by atoms with Crippen LogP contribution in [0.5, 0.6) is 0 Å². The Kier molecular flexibility index (Phi) is 6.87. The second-order valence-corrected chi connectivity index (χ2v) is 8.86. The molecule has 0 aliphatic carbocycles. The van der Waals surface area contributed by atoms with Crippen molar-refractivity contribution in [2.45, 2.75) is 18.7 Å². The Morgan fingerprint density at radius 1 is 1.35 bits per heavy atom. The van der Waals surface area contributed by atoms with Crippen LogP contribution in [-0.4, -0.2) is 37.0 Å². The van der Waals surface area contributed by atoms with E-state index in [-0.39, 0.29) is 29.4 Å². The lowest BCUT2D eigenvalue weighted by molar-refractivity contribution is -0.384. The highest BCUT2D eigenvalue weighted by molar-refractivity contribution is 9.10. The van der Waals surface area contributed by atoms with E-state index in [4.69, 9.17) is 0 Å². The maximum Gasteiger partial charge on any atom is 0.295 e. The van der Waals surface area contributed by atoms with E-state index in [0.29, 0.717) is 0 Å². The minimum absolute atomic E-state index is 0.111. The Morgan fingerprint density at radius 2 is 2.04 bits per heavy atom. The topological polar surface area (TPSA) is 105 Å². The SMILES string of the molecule is CCN(CC)S(=O)(=O)c1ccc(N/N=C/c2cc(Br)cs2)c([N+](=O)[O-])c1. The monoisotopic (exact) mass is 460 g/mol. The molecule has 0 radical (unpaired) electrons. The molecule has 11 heteroatoms. The van der Waals surface area contributed by atoms with Crippen molar-refractivity contribution in [3.8, 4) is 0 Å². The number of hydrazone groups is 1. The molecule has 2 rings (SSSR count). The van der Waals surface area contributed by atoms with Crippen LogP contribution in [0.3, 0.4) is 0 Å². The number of nitrogens with one attached hydrogen (secondary N) is 1. The van der Waals surface area contributed by atoms with Crippen LogP contribution < -0.4 is 5.43 Å². The van der Waals surface area contributed by atoms with E-state index >= 15 is 0 Å². The summed E-state index contributed by atoms with van der Waals surface area (Å²) in [4.78, 5) is 11.4. The Labute approximate surface area is 163 Å². The second kappa shape index (κ2) is 8.71. The Bertz CT molecular complexity index is 923. The molecule has 26 heavy (non-hydrogen) atoms. The number of nitro groups is 1. The molecule has 2 aromatic rings. The summed E-state index contributed by atoms with van der Waals surface area (Å²) in [7, 11) is -3.78. The molecule has 0 atom stereocenters. The maximum atomic E-state index is 12.5. The minimum Gasteiger partial charge on any atom is -0.272 e. The first kappa shape index (κ1) is 20.5. The van der Waals surface area contributed by atoms with Gasteiger partial charge in [-0.15, -0.1) is 11.3 Å². The van der Waals surface area contributed by atoms with E-state index in [0.717, 1.165) is 15.4 Å². The summed E-state index contributed by atoms with van der Waals surface area (Å²) in [5.41, 5.74) is 2.35. The Morgan fingerprint density at radius 3 is 2.58 bits per heavy atom. The first-order chi connectivity index (χ1) is 12.3. The van der Waals surface area contributed by atoms with Crippen LogP contribution in [0.4, 0.5) is 11.4 Å². The number of halogens is 1. The van der Waals surface area contributed by atoms with Gasteiger partial charge in [-0.3, -0.25) is 15.5 Å². The van der Waals surface area contributed by atoms with Crippen molar-refractivity contribution in [3.63, 3.8) is 0 Å². The zero-order valence-corrected chi connectivity index (χ0v) is 17.3. The highest BCUT2D eigenvalue weighted by Gasteiger charge is 2.25. The summed E-state index contributed by atoms with van der Waals surface area (Å²) in [6.45, 7) is 3.99. The zero-order chi connectivity index (χ0) is 19.3. The summed E-state index contributed by atoms with van der Waals surface area (Å²) in [5, 5.41) is 17.2. The van der Waals surface area contributed by atoms with Gasteiger partial charge in [0.25, 0.3) is 5.69 Å². The molecule has 0 amide bonds. The number of thiophene rings is 1. The standard InChI is InChI=1S/C15H17BrN4O4S2/c1-3-19(4-2)26(23,24)13-5-6-14(15(8-13)20(21)22)18-17-9-12-7-11(16)10-25-12/h5-10,18H,3-4H2,1-2H3/b17-9+. The third-order valence-corrected chi connectivity index (χ3v) is 7.15. The van der Waals surface area contributed by atoms with E-state index in [1.165, 1.54) is 34.0 Å². The van der Waals surface area contributed by atoms with Crippen LogP contribution in [-0.2, 0) is 10.0 Å². The van der Waals surface area contributed by atoms with Crippen molar-refractivity contribution < 1.29 is 13.3 Å². The third-order valence-electron chi connectivity index (χ3n) is 3.47. The first-order valence-electron chi connectivity index (χ1n) is 7.61. The summed E-state index contributed by atoms with van der Waals surface area (Å²) >= 11 is 4.78. The normalized spacial score (nSPS) is 12.0. The zero-order valence-electron chi connectivity index (χ0n) is 14.0. The molecule has 1 aromatic heterocycles. The quantitative estimate of drug-likeness (QED) is 0.365. The van der Waals surface area contributed by atoms with Crippen LogP contribution >= 0.6 is 27.3 Å². The van der Waals surface area contributed by atoms with Gasteiger partial charge >= 0.3 is 0 Å². The average Bonchev–Trinajstić information content (AvgIpc) is 3.01. The molecule has 0 bridgehead atoms. The van der Waals surface area contributed by atoms with Crippen molar-refractivity contribution in [2.75, 3.05) is 18.5 Å². The Balaban J connectivity index is 2.31. The number of rotatable bonds is 8. The predicted molar refractivity (Wildman–Crippen MR) is 106 cm³/mol. The molecule has 1 heterocycles. The highest BCUT2D eigenvalue weighted by Crippen LogP contribution is 2.29. The van der Waals surface area contributed by atoms with Crippen molar-refractivity contribution in [1.29, 1.82) is 0 Å². The number of nitrogens with zero attached hydrogens (tertiary/aromatic N) is 3. The van der Waals surface area contributed by atoms with E-state index in [2.05, 4.69) is 26.5 Å². The molecule has 0 saturated carbocycles. The minimum atomic E-state index is -3.78. The number of benzene rings is 1. The molecule has 0 saturated heterocycles. The van der Waals surface area contributed by atoms with Gasteiger partial charge in [0.2, 0.25) is 10.0 Å². The number of hydrogen-bond acceptors (Lipinski definition) is 7. The summed E-state index contributed by atoms with van der Waals surface area (Å²) in [6, 6.07) is 5.58. The smallest absolute Gasteiger partial charge is 0.272 e. The van der Waals surface area contributed by atoms with E-state index in [9.17, 15) is 18.5 Å². The third kappa shape index (κ3) is 4.67. The molecule has 0 spiro atoms. The summed E-state index contributed by atoms with van der Waals surface area (Å²) < 4.78 is 27.2. The van der Waals surface area contributed by atoms with Gasteiger partial charge in [0.05, 0.1) is 16.0 Å². The van der Waals surface area contributed by atoms with Crippen LogP contribution in [0.2, 0.25) is 0 Å². The van der Waals surface area contributed by atoms with Crippen LogP contribution in [0.25, 0.3) is 0 Å². The molecule has 0 unspecified atom stereocenters. The molecular weight excluding hydrogens is 444 g/mol. The number of anilines is 1. The van der Waals surface area contributed by atoms with Gasteiger partial charge in [-0.25, -0.2) is 8.42 Å². The molecular formula is C15H17BrN4O4S2. The van der Waals surface area contributed by atoms with Crippen LogP contribution in [0.15, 0.2) is 44.1 Å². The lowest BCUT2D eigenvalue weighted by atomic mass is 10.3. The molecule has 8 nitrogen and oxygen atoms in total. The molecule has 0 aliphatic rings. The van der Waals surface area contributed by atoms with Gasteiger partial charge in [-0.05, 0) is 34.1 Å². The van der Waals surface area contributed by atoms with Gasteiger partial charge in [-0.1, -0.05) is 13.8 Å². The van der Waals surface area contributed by atoms with Crippen molar-refractivity contribution in [3.05, 3.63) is 49.1 Å². The summed E-state index contributed by atoms with van der Waals surface area (Å²) in [6.07, 6.45) is 1.53. The highest BCUT2D eigenvalue weighted by atomic mass is 79.9. The number of hydrogen-bond donors (Lipinski definition) is 1. The van der Waals surface area contributed by atoms with E-state index in [1.807, 2.05) is 11.4 Å². The van der Waals surface area contributed by atoms with E-state index < -0.39 is 14.9 Å². The van der Waals surface area contributed by atoms with Gasteiger partial charge in [-0.2, -0.15) is 9.41 Å². The van der Waals surface area contributed by atoms with E-state index in [1.54, 1.807) is 13.8 Å². The molecule has 0 aliphatic heterocycles. The molecule has 1 aromatic carbocycles. The number of sulfonamides is 1. The van der Waals surface area contributed by atoms with Crippen LogP contribution in [0.1, 0.15) is 18.7 Å². The molecule has 0 fully saturated rings. The predicted octanol–water partition coefficient (Wildman–Crippen LogP) is 3.90.